The highest BCUT2D eigenvalue weighted by Gasteiger charge is 2.04. The van der Waals surface area contributed by atoms with Gasteiger partial charge in [0.1, 0.15) is 6.04 Å². The zero-order valence-corrected chi connectivity index (χ0v) is 11.9. The molecule has 1 unspecified atom stereocenters. The van der Waals surface area contributed by atoms with Gasteiger partial charge in [-0.05, 0) is 36.6 Å². The summed E-state index contributed by atoms with van der Waals surface area (Å²) >= 11 is 0. The Kier molecular flexibility index (Phi) is 5.14. The summed E-state index contributed by atoms with van der Waals surface area (Å²) in [7, 11) is 1.88. The van der Waals surface area contributed by atoms with Crippen LogP contribution in [0.4, 0.5) is 0 Å². The average molecular weight is 252 g/mol. The Bertz CT molecular complexity index is 547. The summed E-state index contributed by atoms with van der Waals surface area (Å²) in [6, 6.07) is 8.23. The van der Waals surface area contributed by atoms with E-state index in [4.69, 9.17) is 5.26 Å². The Labute approximate surface area is 116 Å². The van der Waals surface area contributed by atoms with Crippen LogP contribution < -0.4 is 0 Å². The van der Waals surface area contributed by atoms with Crippen LogP contribution in [0.15, 0.2) is 43.6 Å². The molecular formula is C17H20N2. The number of aryl methyl sites for hydroxylation is 1. The van der Waals surface area contributed by atoms with Gasteiger partial charge in [0.05, 0.1) is 6.07 Å². The summed E-state index contributed by atoms with van der Waals surface area (Å²) in [6.07, 6.45) is 5.64. The quantitative estimate of drug-likeness (QED) is 0.740. The summed E-state index contributed by atoms with van der Waals surface area (Å²) in [6.45, 7) is 11.8. The molecule has 0 saturated carbocycles. The first-order valence-corrected chi connectivity index (χ1v) is 6.21. The molecular weight excluding hydrogens is 232 g/mol. The smallest absolute Gasteiger partial charge is 0.113 e. The molecule has 0 saturated heterocycles. The normalized spacial score (nSPS) is 11.9. The Morgan fingerprint density at radius 3 is 2.74 bits per heavy atom. The molecule has 2 nitrogen and oxygen atoms in total. The van der Waals surface area contributed by atoms with E-state index in [1.54, 1.807) is 0 Å². The SMILES string of the molecule is C=Cc1ccc(C)cc1C(=C)/C=C\N(C)C(C)C#N. The maximum absolute atomic E-state index is 8.84. The van der Waals surface area contributed by atoms with Gasteiger partial charge in [-0.1, -0.05) is 43.0 Å². The Hall–Kier alpha value is -2.27. The average Bonchev–Trinajstić information content (AvgIpc) is 2.43. The molecule has 2 heteroatoms. The van der Waals surface area contributed by atoms with E-state index in [1.165, 1.54) is 5.56 Å². The Morgan fingerprint density at radius 2 is 2.16 bits per heavy atom. The third-order valence-corrected chi connectivity index (χ3v) is 3.08. The predicted octanol–water partition coefficient (Wildman–Crippen LogP) is 4.01. The van der Waals surface area contributed by atoms with Crippen molar-refractivity contribution < 1.29 is 0 Å². The van der Waals surface area contributed by atoms with Crippen LogP contribution in [0.3, 0.4) is 0 Å². The van der Waals surface area contributed by atoms with E-state index < -0.39 is 0 Å². The molecule has 0 fully saturated rings. The molecule has 0 aliphatic heterocycles. The van der Waals surface area contributed by atoms with E-state index >= 15 is 0 Å². The lowest BCUT2D eigenvalue weighted by molar-refractivity contribution is 0.415. The van der Waals surface area contributed by atoms with Crippen molar-refractivity contribution in [2.45, 2.75) is 19.9 Å². The van der Waals surface area contributed by atoms with E-state index in [0.717, 1.165) is 16.7 Å². The topological polar surface area (TPSA) is 27.0 Å². The van der Waals surface area contributed by atoms with E-state index in [2.05, 4.69) is 38.3 Å². The largest absolute Gasteiger partial charge is 0.365 e. The number of hydrogen-bond donors (Lipinski definition) is 0. The molecule has 1 aromatic carbocycles. The van der Waals surface area contributed by atoms with Gasteiger partial charge < -0.3 is 4.90 Å². The third kappa shape index (κ3) is 3.86. The van der Waals surface area contributed by atoms with Crippen LogP contribution in [-0.4, -0.2) is 18.0 Å². The Balaban J connectivity index is 2.96. The van der Waals surface area contributed by atoms with Gasteiger partial charge in [-0.3, -0.25) is 0 Å². The fourth-order valence-corrected chi connectivity index (χ4v) is 1.64. The summed E-state index contributed by atoms with van der Waals surface area (Å²) in [5, 5.41) is 8.84. The lowest BCUT2D eigenvalue weighted by atomic mass is 9.98. The molecule has 0 aromatic heterocycles. The molecule has 0 bridgehead atoms. The molecule has 0 amide bonds. The number of benzene rings is 1. The van der Waals surface area contributed by atoms with E-state index in [0.29, 0.717) is 0 Å². The van der Waals surface area contributed by atoms with Crippen molar-refractivity contribution in [2.75, 3.05) is 7.05 Å². The summed E-state index contributed by atoms with van der Waals surface area (Å²) in [4.78, 5) is 1.86. The van der Waals surface area contributed by atoms with Crippen LogP contribution in [0.1, 0.15) is 23.6 Å². The first-order valence-electron chi connectivity index (χ1n) is 6.21. The zero-order valence-electron chi connectivity index (χ0n) is 11.9. The van der Waals surface area contributed by atoms with Gasteiger partial charge >= 0.3 is 0 Å². The highest BCUT2D eigenvalue weighted by atomic mass is 15.1. The molecule has 0 spiro atoms. The van der Waals surface area contributed by atoms with E-state index in [9.17, 15) is 0 Å². The van der Waals surface area contributed by atoms with Gasteiger partial charge in [0.25, 0.3) is 0 Å². The van der Waals surface area contributed by atoms with Crippen molar-refractivity contribution in [3.05, 3.63) is 60.3 Å². The molecule has 0 radical (unpaired) electrons. The lowest BCUT2D eigenvalue weighted by Gasteiger charge is -2.16. The summed E-state index contributed by atoms with van der Waals surface area (Å²) in [5.74, 6) is 0. The minimum Gasteiger partial charge on any atom is -0.365 e. The van der Waals surface area contributed by atoms with Gasteiger partial charge in [-0.25, -0.2) is 0 Å². The molecule has 1 rings (SSSR count). The number of hydrogen-bond acceptors (Lipinski definition) is 2. The fourth-order valence-electron chi connectivity index (χ4n) is 1.64. The van der Waals surface area contributed by atoms with Gasteiger partial charge in [-0.15, -0.1) is 0 Å². The lowest BCUT2D eigenvalue weighted by Crippen LogP contribution is -2.21. The Morgan fingerprint density at radius 1 is 1.47 bits per heavy atom. The van der Waals surface area contributed by atoms with Crippen molar-refractivity contribution in [3.8, 4) is 6.07 Å². The van der Waals surface area contributed by atoms with E-state index in [1.807, 2.05) is 43.3 Å². The number of rotatable bonds is 5. The molecule has 0 aliphatic carbocycles. The molecule has 98 valence electrons. The van der Waals surface area contributed by atoms with Crippen LogP contribution in [0.25, 0.3) is 11.6 Å². The van der Waals surface area contributed by atoms with Crippen molar-refractivity contribution >= 4 is 11.6 Å². The summed E-state index contributed by atoms with van der Waals surface area (Å²) < 4.78 is 0. The van der Waals surface area contributed by atoms with Crippen molar-refractivity contribution in [2.24, 2.45) is 0 Å². The first-order chi connectivity index (χ1) is 8.99. The molecule has 19 heavy (non-hydrogen) atoms. The van der Waals surface area contributed by atoms with Gasteiger partial charge in [0, 0.05) is 13.2 Å². The van der Waals surface area contributed by atoms with Crippen molar-refractivity contribution in [1.29, 1.82) is 5.26 Å². The molecule has 0 heterocycles. The highest BCUT2D eigenvalue weighted by Crippen LogP contribution is 2.21. The minimum absolute atomic E-state index is 0.152. The molecule has 0 N–H and O–H groups in total. The molecule has 0 aliphatic rings. The van der Waals surface area contributed by atoms with Crippen LogP contribution >= 0.6 is 0 Å². The maximum atomic E-state index is 8.84. The van der Waals surface area contributed by atoms with Crippen LogP contribution in [0, 0.1) is 18.3 Å². The van der Waals surface area contributed by atoms with Gasteiger partial charge in [-0.2, -0.15) is 5.26 Å². The molecule has 1 aromatic rings. The van der Waals surface area contributed by atoms with Crippen LogP contribution in [0.2, 0.25) is 0 Å². The van der Waals surface area contributed by atoms with Crippen LogP contribution in [0.5, 0.6) is 0 Å². The van der Waals surface area contributed by atoms with Crippen molar-refractivity contribution in [3.63, 3.8) is 0 Å². The van der Waals surface area contributed by atoms with Gasteiger partial charge in [0.2, 0.25) is 0 Å². The maximum Gasteiger partial charge on any atom is 0.113 e. The number of nitriles is 1. The van der Waals surface area contributed by atoms with Crippen molar-refractivity contribution in [1.82, 2.24) is 4.90 Å². The highest BCUT2D eigenvalue weighted by molar-refractivity contribution is 5.78. The summed E-state index contributed by atoms with van der Waals surface area (Å²) in [5.41, 5.74) is 4.24. The molecule has 1 atom stereocenters. The van der Waals surface area contributed by atoms with E-state index in [-0.39, 0.29) is 6.04 Å². The standard InChI is InChI=1S/C17H20N2/c1-6-16-8-7-13(2)11-17(16)14(3)9-10-19(5)15(4)12-18/h6-11,15H,1,3H2,2,4-5H3/b10-9-. The van der Waals surface area contributed by atoms with Gasteiger partial charge in [0.15, 0.2) is 0 Å². The zero-order chi connectivity index (χ0) is 14.4. The number of allylic oxidation sites excluding steroid dienone is 2. The second-order valence-corrected chi connectivity index (χ2v) is 4.61. The third-order valence-electron chi connectivity index (χ3n) is 3.08. The second kappa shape index (κ2) is 6.61. The first kappa shape index (κ1) is 14.8. The minimum atomic E-state index is -0.152. The van der Waals surface area contributed by atoms with Crippen LogP contribution in [-0.2, 0) is 0 Å². The number of nitrogens with zero attached hydrogens (tertiary/aromatic N) is 2. The predicted molar refractivity (Wildman–Crippen MR) is 82.3 cm³/mol. The monoisotopic (exact) mass is 252 g/mol. The second-order valence-electron chi connectivity index (χ2n) is 4.61. The fraction of sp³-hybridized carbons (Fsp3) is 0.235.